The second-order valence-corrected chi connectivity index (χ2v) is 14.2. The summed E-state index contributed by atoms with van der Waals surface area (Å²) in [5, 5.41) is 14.5. The molecule has 0 saturated carbocycles. The first-order valence-electron chi connectivity index (χ1n) is 10.0. The minimum Gasteiger partial charge on any atom is -0.359 e. The standard InChI is InChI=1S/C21H30F3IN2O2/c1-15-11-18-19(27-15)3-2-4-20(18)29-14-17(28)13-26-12-16-5-8-25(9-6-16)10-7-21(22,23)24/h2-4,11,16-17,26-28H,5-10,12-14H2,1H3/t17-/m0/s1. The monoisotopic (exact) mass is 526 g/mol. The molecule has 1 aliphatic heterocycles. The zero-order chi connectivity index (χ0) is 20.9. The summed E-state index contributed by atoms with van der Waals surface area (Å²) in [5.41, 5.74) is 2.08. The number of aliphatic hydroxyl groups is 1. The Labute approximate surface area is 177 Å². The summed E-state index contributed by atoms with van der Waals surface area (Å²) in [6.07, 6.45) is -3.15. The van der Waals surface area contributed by atoms with Crippen molar-refractivity contribution in [2.45, 2.75) is 38.5 Å². The zero-order valence-electron chi connectivity index (χ0n) is 16.7. The number of benzene rings is 1. The van der Waals surface area contributed by atoms with Gasteiger partial charge in [0.25, 0.3) is 0 Å². The molecule has 3 N–H and O–H groups in total. The summed E-state index contributed by atoms with van der Waals surface area (Å²) in [6, 6.07) is 7.85. The summed E-state index contributed by atoms with van der Waals surface area (Å²) in [7, 11) is 0. The summed E-state index contributed by atoms with van der Waals surface area (Å²) in [4.78, 5) is 3.27. The number of aryl methyl sites for hydroxylation is 1. The average molecular weight is 526 g/mol. The third-order valence-electron chi connectivity index (χ3n) is 5.22. The Morgan fingerprint density at radius 2 is 2.07 bits per heavy atom. The van der Waals surface area contributed by atoms with Crippen molar-refractivity contribution in [3.63, 3.8) is 0 Å². The van der Waals surface area contributed by atoms with Crippen molar-refractivity contribution in [1.82, 2.24) is 10.3 Å². The Balaban J connectivity index is 1.32. The minimum absolute atomic E-state index is 0.217. The van der Waals surface area contributed by atoms with E-state index in [1.54, 1.807) is 0 Å². The van der Waals surface area contributed by atoms with Gasteiger partial charge in [-0.05, 0) is 13.0 Å². The Hall–Kier alpha value is -1.00. The molecule has 0 aliphatic carbocycles. The summed E-state index contributed by atoms with van der Waals surface area (Å²) in [5.74, 6) is 1.27. The van der Waals surface area contributed by atoms with Crippen LogP contribution in [0.2, 0.25) is 0 Å². The molecule has 1 fully saturated rings. The number of aromatic amines is 1. The van der Waals surface area contributed by atoms with Gasteiger partial charge < -0.3 is 4.98 Å². The van der Waals surface area contributed by atoms with Crippen LogP contribution in [-0.2, 0) is 0 Å². The van der Waals surface area contributed by atoms with Crippen LogP contribution in [0.3, 0.4) is 0 Å². The van der Waals surface area contributed by atoms with E-state index < -0.39 is 38.5 Å². The van der Waals surface area contributed by atoms with E-state index in [1.807, 2.05) is 31.2 Å². The molecule has 2 heterocycles. The van der Waals surface area contributed by atoms with Gasteiger partial charge in [0.05, 0.1) is 0 Å². The Morgan fingerprint density at radius 3 is 2.79 bits per heavy atom. The Kier molecular flexibility index (Phi) is 8.09. The van der Waals surface area contributed by atoms with Crippen molar-refractivity contribution in [2.75, 3.05) is 33.0 Å². The number of fused-ring (bicyclic) bond motifs is 1. The first-order chi connectivity index (χ1) is 13.8. The molecule has 0 radical (unpaired) electrons. The van der Waals surface area contributed by atoms with Crippen LogP contribution in [0.4, 0.5) is 13.2 Å². The van der Waals surface area contributed by atoms with Gasteiger partial charge in [-0.2, -0.15) is 0 Å². The fourth-order valence-corrected chi connectivity index (χ4v) is 10.1. The molecule has 0 unspecified atom stereocenters. The van der Waals surface area contributed by atoms with Crippen molar-refractivity contribution in [3.05, 3.63) is 30.0 Å². The van der Waals surface area contributed by atoms with Crippen molar-refractivity contribution in [2.24, 2.45) is 5.92 Å². The number of rotatable bonds is 9. The third kappa shape index (κ3) is 7.32. The van der Waals surface area contributed by atoms with Crippen LogP contribution in [-0.4, -0.2) is 55.3 Å². The summed E-state index contributed by atoms with van der Waals surface area (Å²) >= 11 is -1.38. The third-order valence-corrected chi connectivity index (χ3v) is 11.6. The van der Waals surface area contributed by atoms with E-state index in [-0.39, 0.29) is 6.61 Å². The first-order valence-corrected chi connectivity index (χ1v) is 14.6. The second kappa shape index (κ2) is 10.3. The van der Waals surface area contributed by atoms with Gasteiger partial charge in [-0.25, -0.2) is 0 Å². The molecule has 0 spiro atoms. The SMILES string of the molecule is Cc1cc2c(OC[C@@H](O)CNCC3CCI(CCC(F)(F)F)CC3)cccc2[nH]1. The van der Waals surface area contributed by atoms with Gasteiger partial charge in [-0.3, -0.25) is 0 Å². The van der Waals surface area contributed by atoms with Crippen LogP contribution in [0.1, 0.15) is 25.0 Å². The molecule has 1 aromatic heterocycles. The Bertz CT molecular complexity index is 773. The van der Waals surface area contributed by atoms with E-state index in [0.717, 1.165) is 50.6 Å². The topological polar surface area (TPSA) is 57.3 Å². The zero-order valence-corrected chi connectivity index (χ0v) is 18.9. The molecule has 1 aliphatic rings. The molecule has 2 aromatic rings. The maximum atomic E-state index is 12.4. The van der Waals surface area contributed by atoms with Crippen LogP contribution in [0.25, 0.3) is 10.9 Å². The van der Waals surface area contributed by atoms with E-state index in [4.69, 9.17) is 4.74 Å². The number of hydrogen-bond donors (Lipinski definition) is 3. The normalized spacial score (nSPS) is 18.3. The number of nitrogens with one attached hydrogen (secondary N) is 2. The molecular formula is C21H30F3IN2O2. The smallest absolute Gasteiger partial charge is 0.359 e. The van der Waals surface area contributed by atoms with Gasteiger partial charge in [-0.1, -0.05) is 0 Å². The van der Waals surface area contributed by atoms with Crippen LogP contribution in [0.15, 0.2) is 24.3 Å². The van der Waals surface area contributed by atoms with Gasteiger partial charge in [0.2, 0.25) is 0 Å². The van der Waals surface area contributed by atoms with Crippen LogP contribution < -0.4 is 10.1 Å². The number of halogens is 4. The molecule has 3 rings (SSSR count). The van der Waals surface area contributed by atoms with Crippen LogP contribution >= 0.6 is 19.8 Å². The molecule has 0 bridgehead atoms. The predicted octanol–water partition coefficient (Wildman–Crippen LogP) is 4.67. The molecule has 0 amide bonds. The minimum atomic E-state index is -4.00. The van der Waals surface area contributed by atoms with E-state index >= 15 is 0 Å². The van der Waals surface area contributed by atoms with E-state index in [0.29, 0.717) is 16.9 Å². The van der Waals surface area contributed by atoms with Crippen LogP contribution in [0.5, 0.6) is 5.75 Å². The van der Waals surface area contributed by atoms with Gasteiger partial charge >= 0.3 is 153 Å². The molecule has 164 valence electrons. The summed E-state index contributed by atoms with van der Waals surface area (Å²) < 4.78 is 45.3. The van der Waals surface area contributed by atoms with Gasteiger partial charge in [-0.15, -0.1) is 0 Å². The Morgan fingerprint density at radius 1 is 1.31 bits per heavy atom. The number of aliphatic hydroxyl groups excluding tert-OH is 1. The van der Waals surface area contributed by atoms with Crippen LogP contribution in [0, 0.1) is 12.8 Å². The quantitative estimate of drug-likeness (QED) is 0.329. The van der Waals surface area contributed by atoms with Crippen molar-refractivity contribution >= 4 is 30.7 Å². The number of hydrogen-bond acceptors (Lipinski definition) is 3. The molecule has 29 heavy (non-hydrogen) atoms. The fraction of sp³-hybridized carbons (Fsp3) is 0.619. The maximum absolute atomic E-state index is 12.4. The summed E-state index contributed by atoms with van der Waals surface area (Å²) in [6.45, 7) is 3.48. The number of ether oxygens (including phenoxy) is 1. The van der Waals surface area contributed by atoms with Crippen molar-refractivity contribution in [1.29, 1.82) is 0 Å². The number of H-pyrrole nitrogens is 1. The predicted molar refractivity (Wildman–Crippen MR) is 119 cm³/mol. The molecular weight excluding hydrogens is 496 g/mol. The van der Waals surface area contributed by atoms with Gasteiger partial charge in [0.1, 0.15) is 0 Å². The number of alkyl halides is 6. The second-order valence-electron chi connectivity index (χ2n) is 7.74. The molecule has 1 aromatic carbocycles. The molecule has 8 heteroatoms. The van der Waals surface area contributed by atoms with Crippen molar-refractivity contribution < 1.29 is 23.0 Å². The molecule has 1 saturated heterocycles. The fourth-order valence-electron chi connectivity index (χ4n) is 3.58. The first kappa shape index (κ1) is 22.7. The van der Waals surface area contributed by atoms with E-state index in [2.05, 4.69) is 10.3 Å². The molecule has 4 nitrogen and oxygen atoms in total. The van der Waals surface area contributed by atoms with E-state index in [9.17, 15) is 18.3 Å². The van der Waals surface area contributed by atoms with E-state index in [1.165, 1.54) is 0 Å². The van der Waals surface area contributed by atoms with Gasteiger partial charge in [0, 0.05) is 5.69 Å². The molecule has 1 atom stereocenters. The van der Waals surface area contributed by atoms with Gasteiger partial charge in [0.15, 0.2) is 0 Å². The average Bonchev–Trinajstić information content (AvgIpc) is 3.06. The number of aromatic nitrogens is 1. The van der Waals surface area contributed by atoms with Crippen molar-refractivity contribution in [3.8, 4) is 5.75 Å².